The van der Waals surface area contributed by atoms with Crippen LogP contribution in [0.5, 0.6) is 0 Å². The number of pyridine rings is 1. The predicted octanol–water partition coefficient (Wildman–Crippen LogP) is 3.16. The van der Waals surface area contributed by atoms with E-state index < -0.39 is 17.6 Å². The van der Waals surface area contributed by atoms with Crippen LogP contribution in [0.15, 0.2) is 48.5 Å². The van der Waals surface area contributed by atoms with Crippen molar-refractivity contribution in [2.75, 3.05) is 4.90 Å². The minimum Gasteiger partial charge on any atom is -0.443 e. The zero-order valence-corrected chi connectivity index (χ0v) is 13.9. The Morgan fingerprint density at radius 3 is 2.33 bits per heavy atom. The molecule has 0 aliphatic carbocycles. The topological polar surface area (TPSA) is 79.7 Å². The first-order valence-corrected chi connectivity index (χ1v) is 7.51. The lowest BCUT2D eigenvalue weighted by Gasteiger charge is -2.25. The number of anilines is 1. The fourth-order valence-electron chi connectivity index (χ4n) is 1.98. The molecule has 0 atom stereocenters. The van der Waals surface area contributed by atoms with Crippen LogP contribution in [0.4, 0.5) is 10.6 Å². The molecule has 2 rings (SSSR count). The van der Waals surface area contributed by atoms with Gasteiger partial charge < -0.3 is 9.84 Å². The smallest absolute Gasteiger partial charge is 0.423 e. The van der Waals surface area contributed by atoms with Gasteiger partial charge in [-0.05, 0) is 45.0 Å². The Balaban J connectivity index is 2.44. The lowest BCUT2D eigenvalue weighted by atomic mass is 10.2. The van der Waals surface area contributed by atoms with Crippen LogP contribution < -0.4 is 4.90 Å². The monoisotopic (exact) mass is 328 g/mol. The van der Waals surface area contributed by atoms with Gasteiger partial charge in [-0.1, -0.05) is 24.3 Å². The summed E-state index contributed by atoms with van der Waals surface area (Å²) in [6.45, 7) is 4.85. The minimum atomic E-state index is -0.820. The number of benzene rings is 1. The number of hydrogen-bond donors (Lipinski definition) is 1. The van der Waals surface area contributed by atoms with E-state index in [4.69, 9.17) is 4.74 Å². The Morgan fingerprint density at radius 2 is 1.75 bits per heavy atom. The summed E-state index contributed by atoms with van der Waals surface area (Å²) in [6, 6.07) is 13.1. The first-order valence-electron chi connectivity index (χ1n) is 7.51. The number of imide groups is 1. The van der Waals surface area contributed by atoms with Crippen molar-refractivity contribution in [1.29, 1.82) is 0 Å². The summed E-state index contributed by atoms with van der Waals surface area (Å²) < 4.78 is 5.33. The maximum Gasteiger partial charge on any atom is 0.423 e. The maximum absolute atomic E-state index is 12.8. The molecule has 0 unspecified atom stereocenters. The van der Waals surface area contributed by atoms with Crippen molar-refractivity contribution in [1.82, 2.24) is 4.98 Å². The third-order valence-electron chi connectivity index (χ3n) is 2.98. The highest BCUT2D eigenvalue weighted by atomic mass is 16.6. The van der Waals surface area contributed by atoms with Crippen molar-refractivity contribution in [3.05, 3.63) is 59.8 Å². The third kappa shape index (κ3) is 4.39. The number of carbonyl (C=O) groups is 2. The molecular weight excluding hydrogens is 308 g/mol. The largest absolute Gasteiger partial charge is 0.443 e. The Kier molecular flexibility index (Phi) is 5.31. The second kappa shape index (κ2) is 7.23. The molecule has 24 heavy (non-hydrogen) atoms. The average Bonchev–Trinajstić information content (AvgIpc) is 2.54. The highest BCUT2D eigenvalue weighted by molar-refractivity contribution is 6.18. The van der Waals surface area contributed by atoms with Crippen LogP contribution in [0.25, 0.3) is 0 Å². The van der Waals surface area contributed by atoms with Crippen molar-refractivity contribution < 1.29 is 19.4 Å². The van der Waals surface area contributed by atoms with Gasteiger partial charge >= 0.3 is 6.09 Å². The van der Waals surface area contributed by atoms with Gasteiger partial charge in [-0.3, -0.25) is 4.79 Å². The summed E-state index contributed by atoms with van der Waals surface area (Å²) >= 11 is 0. The van der Waals surface area contributed by atoms with E-state index in [1.165, 1.54) is 6.07 Å². The van der Waals surface area contributed by atoms with Gasteiger partial charge in [0.2, 0.25) is 0 Å². The zero-order valence-electron chi connectivity index (χ0n) is 13.9. The van der Waals surface area contributed by atoms with Crippen LogP contribution in [-0.2, 0) is 11.3 Å². The Bertz CT molecular complexity index is 723. The zero-order chi connectivity index (χ0) is 17.7. The van der Waals surface area contributed by atoms with E-state index in [2.05, 4.69) is 4.98 Å². The minimum absolute atomic E-state index is 0.102. The molecule has 126 valence electrons. The average molecular weight is 328 g/mol. The Hall–Kier alpha value is -2.73. The first-order chi connectivity index (χ1) is 11.3. The van der Waals surface area contributed by atoms with E-state index in [1.807, 2.05) is 0 Å². The summed E-state index contributed by atoms with van der Waals surface area (Å²) in [5.41, 5.74) is -0.0811. The molecular formula is C18H20N2O4. The predicted molar refractivity (Wildman–Crippen MR) is 89.6 cm³/mol. The number of nitrogens with zero attached hydrogens (tertiary/aromatic N) is 2. The van der Waals surface area contributed by atoms with Gasteiger partial charge in [-0.25, -0.2) is 9.78 Å². The molecule has 1 aromatic carbocycles. The van der Waals surface area contributed by atoms with Gasteiger partial charge in [0.1, 0.15) is 11.4 Å². The van der Waals surface area contributed by atoms with Crippen LogP contribution >= 0.6 is 0 Å². The molecule has 0 aliphatic rings. The molecule has 1 N–H and O–H groups in total. The van der Waals surface area contributed by atoms with Crippen LogP contribution in [0, 0.1) is 0 Å². The summed E-state index contributed by atoms with van der Waals surface area (Å²) in [5, 5.41) is 9.24. The summed E-state index contributed by atoms with van der Waals surface area (Å²) in [4.78, 5) is 30.4. The van der Waals surface area contributed by atoms with Gasteiger partial charge in [0, 0.05) is 5.56 Å². The highest BCUT2D eigenvalue weighted by Crippen LogP contribution is 2.19. The highest BCUT2D eigenvalue weighted by Gasteiger charge is 2.30. The van der Waals surface area contributed by atoms with E-state index in [0.29, 0.717) is 11.3 Å². The van der Waals surface area contributed by atoms with Crippen molar-refractivity contribution in [3.63, 3.8) is 0 Å². The van der Waals surface area contributed by atoms with Crippen LogP contribution in [0.3, 0.4) is 0 Å². The van der Waals surface area contributed by atoms with E-state index in [-0.39, 0.29) is 12.4 Å². The fourth-order valence-corrected chi connectivity index (χ4v) is 1.98. The molecule has 0 radical (unpaired) electrons. The van der Waals surface area contributed by atoms with Gasteiger partial charge in [0.15, 0.2) is 0 Å². The molecule has 2 aromatic rings. The van der Waals surface area contributed by atoms with Crippen molar-refractivity contribution in [3.8, 4) is 0 Å². The molecule has 1 heterocycles. The van der Waals surface area contributed by atoms with E-state index in [9.17, 15) is 14.7 Å². The number of aliphatic hydroxyl groups is 1. The normalized spacial score (nSPS) is 11.0. The van der Waals surface area contributed by atoms with Crippen LogP contribution in [0.1, 0.15) is 36.8 Å². The molecule has 1 aromatic heterocycles. The second-order valence-electron chi connectivity index (χ2n) is 6.13. The van der Waals surface area contributed by atoms with Gasteiger partial charge in [0.05, 0.1) is 12.3 Å². The molecule has 0 spiro atoms. The number of ether oxygens (including phenoxy) is 1. The van der Waals surface area contributed by atoms with Gasteiger partial charge in [0.25, 0.3) is 5.91 Å². The quantitative estimate of drug-likeness (QED) is 0.936. The molecule has 0 aliphatic heterocycles. The first kappa shape index (κ1) is 17.6. The Labute approximate surface area is 140 Å². The molecule has 0 fully saturated rings. The van der Waals surface area contributed by atoms with Gasteiger partial charge in [-0.2, -0.15) is 4.90 Å². The molecule has 6 nitrogen and oxygen atoms in total. The van der Waals surface area contributed by atoms with Crippen LogP contribution in [-0.4, -0.2) is 27.7 Å². The lowest BCUT2D eigenvalue weighted by Crippen LogP contribution is -2.41. The number of carbonyl (C=O) groups excluding carboxylic acids is 2. The number of rotatable bonds is 3. The fraction of sp³-hybridized carbons (Fsp3) is 0.278. The maximum atomic E-state index is 12.8. The van der Waals surface area contributed by atoms with Crippen molar-refractivity contribution >= 4 is 17.8 Å². The SMILES string of the molecule is CC(C)(C)OC(=O)N(C(=O)c1ccccc1)c1cccc(CO)n1. The number of amides is 2. The standard InChI is InChI=1S/C18H20N2O4/c1-18(2,3)24-17(23)20(15-11-7-10-14(12-21)19-15)16(22)13-8-5-4-6-9-13/h4-11,21H,12H2,1-3H3. The summed E-state index contributed by atoms with van der Waals surface area (Å²) in [6.07, 6.45) is -0.820. The van der Waals surface area contributed by atoms with E-state index >= 15 is 0 Å². The van der Waals surface area contributed by atoms with E-state index in [1.54, 1.807) is 63.2 Å². The van der Waals surface area contributed by atoms with E-state index in [0.717, 1.165) is 4.90 Å². The summed E-state index contributed by atoms with van der Waals surface area (Å²) in [5.74, 6) is -0.447. The third-order valence-corrected chi connectivity index (χ3v) is 2.98. The summed E-state index contributed by atoms with van der Waals surface area (Å²) in [7, 11) is 0. The number of aromatic nitrogens is 1. The molecule has 0 saturated heterocycles. The number of aliphatic hydroxyl groups excluding tert-OH is 1. The Morgan fingerprint density at radius 1 is 1.08 bits per heavy atom. The van der Waals surface area contributed by atoms with Gasteiger partial charge in [-0.15, -0.1) is 0 Å². The van der Waals surface area contributed by atoms with Crippen LogP contribution in [0.2, 0.25) is 0 Å². The molecule has 0 bridgehead atoms. The van der Waals surface area contributed by atoms with Crippen molar-refractivity contribution in [2.45, 2.75) is 33.0 Å². The van der Waals surface area contributed by atoms with Crippen molar-refractivity contribution in [2.24, 2.45) is 0 Å². The molecule has 0 saturated carbocycles. The molecule has 2 amide bonds. The molecule has 6 heteroatoms. The number of hydrogen-bond acceptors (Lipinski definition) is 5. The second-order valence-corrected chi connectivity index (χ2v) is 6.13. The lowest BCUT2D eigenvalue weighted by molar-refractivity contribution is 0.0563.